The average molecular weight is 359 g/mol. The van der Waals surface area contributed by atoms with Crippen molar-refractivity contribution in [3.05, 3.63) is 41.5 Å². The minimum atomic E-state index is -3.55. The molecule has 0 aliphatic carbocycles. The molecule has 0 radical (unpaired) electrons. The highest BCUT2D eigenvalue weighted by Gasteiger charge is 2.41. The maximum Gasteiger partial charge on any atom is 0.336 e. The van der Waals surface area contributed by atoms with Gasteiger partial charge < -0.3 is 4.74 Å². The largest absolute Gasteiger partial charge is 0.452 e. The van der Waals surface area contributed by atoms with Crippen LogP contribution in [0.15, 0.2) is 46.4 Å². The first kappa shape index (κ1) is 15.3. The Morgan fingerprint density at radius 2 is 1.80 bits per heavy atom. The van der Waals surface area contributed by atoms with Gasteiger partial charge in [0.2, 0.25) is 0 Å². The Morgan fingerprint density at radius 1 is 1.20 bits per heavy atom. The molecule has 0 aromatic heterocycles. The highest BCUT2D eigenvalue weighted by Crippen LogP contribution is 2.34. The van der Waals surface area contributed by atoms with E-state index in [1.165, 1.54) is 12.1 Å². The van der Waals surface area contributed by atoms with Crippen LogP contribution in [0.25, 0.3) is 0 Å². The predicted molar refractivity (Wildman–Crippen MR) is 79.5 cm³/mol. The minimum Gasteiger partial charge on any atom is -0.452 e. The Hall–Kier alpha value is -1.14. The Bertz CT molecular complexity index is 660. The molecule has 0 N–H and O–H groups in total. The first-order chi connectivity index (χ1) is 9.28. The second kappa shape index (κ2) is 5.33. The van der Waals surface area contributed by atoms with Crippen molar-refractivity contribution < 1.29 is 17.9 Å². The number of hydrogen-bond acceptors (Lipinski definition) is 4. The van der Waals surface area contributed by atoms with Gasteiger partial charge in [0, 0.05) is 5.33 Å². The highest BCUT2D eigenvalue weighted by molar-refractivity contribution is 9.09. The normalized spacial score (nSPS) is 18.2. The lowest BCUT2D eigenvalue weighted by Crippen LogP contribution is -2.23. The van der Waals surface area contributed by atoms with Gasteiger partial charge in [0.05, 0.1) is 16.2 Å². The zero-order valence-corrected chi connectivity index (χ0v) is 13.6. The van der Waals surface area contributed by atoms with Crippen LogP contribution in [-0.2, 0) is 19.4 Å². The fraction of sp³-hybridized carbons (Fsp3) is 0.357. The SMILES string of the molecule is CC1(C)OC(=O)C(CS(=O)(=O)c2ccccc2)=C1CBr. The third-order valence-corrected chi connectivity index (χ3v) is 5.48. The molecule has 2 rings (SSSR count). The summed E-state index contributed by atoms with van der Waals surface area (Å²) in [6, 6.07) is 8.10. The quantitative estimate of drug-likeness (QED) is 0.612. The van der Waals surface area contributed by atoms with E-state index >= 15 is 0 Å². The molecule has 1 aliphatic rings. The van der Waals surface area contributed by atoms with Crippen LogP contribution in [0.5, 0.6) is 0 Å². The van der Waals surface area contributed by atoms with Crippen LogP contribution < -0.4 is 0 Å². The molecular weight excluding hydrogens is 344 g/mol. The number of carbonyl (C=O) groups is 1. The van der Waals surface area contributed by atoms with Crippen molar-refractivity contribution in [3.8, 4) is 0 Å². The summed E-state index contributed by atoms with van der Waals surface area (Å²) in [6.07, 6.45) is 0. The van der Waals surface area contributed by atoms with Crippen LogP contribution in [-0.4, -0.2) is 31.1 Å². The average Bonchev–Trinajstić information content (AvgIpc) is 2.59. The van der Waals surface area contributed by atoms with Gasteiger partial charge in [0.15, 0.2) is 9.84 Å². The van der Waals surface area contributed by atoms with Gasteiger partial charge >= 0.3 is 5.97 Å². The second-order valence-electron chi connectivity index (χ2n) is 5.06. The van der Waals surface area contributed by atoms with Gasteiger partial charge in [0.25, 0.3) is 0 Å². The van der Waals surface area contributed by atoms with Crippen molar-refractivity contribution in [2.75, 3.05) is 11.1 Å². The number of ether oxygens (including phenoxy) is 1. The summed E-state index contributed by atoms with van der Waals surface area (Å²) in [5.41, 5.74) is 0.153. The summed E-state index contributed by atoms with van der Waals surface area (Å²) in [5, 5.41) is 0.408. The van der Waals surface area contributed by atoms with E-state index in [2.05, 4.69) is 15.9 Å². The summed E-state index contributed by atoms with van der Waals surface area (Å²) in [7, 11) is -3.55. The summed E-state index contributed by atoms with van der Waals surface area (Å²) in [4.78, 5) is 12.1. The van der Waals surface area contributed by atoms with Crippen LogP contribution >= 0.6 is 15.9 Å². The van der Waals surface area contributed by atoms with Crippen molar-refractivity contribution in [1.82, 2.24) is 0 Å². The maximum absolute atomic E-state index is 12.3. The summed E-state index contributed by atoms with van der Waals surface area (Å²) >= 11 is 3.30. The molecular formula is C14H15BrO4S. The third kappa shape index (κ3) is 2.81. The van der Waals surface area contributed by atoms with Gasteiger partial charge in [-0.05, 0) is 31.6 Å². The van der Waals surface area contributed by atoms with E-state index in [0.29, 0.717) is 10.9 Å². The van der Waals surface area contributed by atoms with E-state index in [1.54, 1.807) is 32.0 Å². The number of benzene rings is 1. The number of alkyl halides is 1. The van der Waals surface area contributed by atoms with Gasteiger partial charge in [-0.2, -0.15) is 0 Å². The maximum atomic E-state index is 12.3. The van der Waals surface area contributed by atoms with Crippen LogP contribution in [0.2, 0.25) is 0 Å². The number of halogens is 1. The third-order valence-electron chi connectivity index (χ3n) is 3.26. The number of esters is 1. The number of cyclic esters (lactones) is 1. The molecule has 0 unspecified atom stereocenters. The summed E-state index contributed by atoms with van der Waals surface area (Å²) in [5.74, 6) is -0.885. The van der Waals surface area contributed by atoms with Crippen LogP contribution in [0, 0.1) is 0 Å². The molecule has 20 heavy (non-hydrogen) atoms. The standard InChI is InChI=1S/C14H15BrO4S/c1-14(2)12(8-15)11(13(16)19-14)9-20(17,18)10-6-4-3-5-7-10/h3-7H,8-9H2,1-2H3. The smallest absolute Gasteiger partial charge is 0.336 e. The fourth-order valence-corrected chi connectivity index (χ4v) is 4.55. The van der Waals surface area contributed by atoms with Crippen molar-refractivity contribution in [3.63, 3.8) is 0 Å². The zero-order valence-electron chi connectivity index (χ0n) is 11.2. The molecule has 0 fully saturated rings. The molecule has 108 valence electrons. The molecule has 1 aliphatic heterocycles. The lowest BCUT2D eigenvalue weighted by Gasteiger charge is -2.19. The molecule has 0 spiro atoms. The number of hydrogen-bond donors (Lipinski definition) is 0. The molecule has 0 bridgehead atoms. The van der Waals surface area contributed by atoms with E-state index in [-0.39, 0.29) is 16.2 Å². The molecule has 1 aromatic rings. The van der Waals surface area contributed by atoms with Gasteiger partial charge in [-0.3, -0.25) is 0 Å². The molecule has 0 saturated carbocycles. The van der Waals surface area contributed by atoms with E-state index in [9.17, 15) is 13.2 Å². The fourth-order valence-electron chi connectivity index (χ4n) is 2.13. The summed E-state index contributed by atoms with van der Waals surface area (Å²) in [6.45, 7) is 3.51. The minimum absolute atomic E-state index is 0.207. The molecule has 1 aromatic carbocycles. The lowest BCUT2D eigenvalue weighted by atomic mass is 9.98. The summed E-state index contributed by atoms with van der Waals surface area (Å²) < 4.78 is 29.9. The van der Waals surface area contributed by atoms with Crippen molar-refractivity contribution in [2.24, 2.45) is 0 Å². The number of carbonyl (C=O) groups excluding carboxylic acids is 1. The molecule has 0 amide bonds. The Morgan fingerprint density at radius 3 is 2.35 bits per heavy atom. The molecule has 4 nitrogen and oxygen atoms in total. The Labute approximate surface area is 126 Å². The van der Waals surface area contributed by atoms with Gasteiger partial charge in [-0.15, -0.1) is 0 Å². The predicted octanol–water partition coefficient (Wildman–Crippen LogP) is 2.49. The van der Waals surface area contributed by atoms with Gasteiger partial charge in [-0.1, -0.05) is 34.1 Å². The molecule has 1 heterocycles. The number of rotatable bonds is 4. The lowest BCUT2D eigenvalue weighted by molar-refractivity contribution is -0.144. The highest BCUT2D eigenvalue weighted by atomic mass is 79.9. The second-order valence-corrected chi connectivity index (χ2v) is 7.61. The molecule has 0 saturated heterocycles. The van der Waals surface area contributed by atoms with E-state index in [0.717, 1.165) is 0 Å². The van der Waals surface area contributed by atoms with Crippen molar-refractivity contribution in [1.29, 1.82) is 0 Å². The number of sulfone groups is 1. The topological polar surface area (TPSA) is 60.4 Å². The van der Waals surface area contributed by atoms with E-state index < -0.39 is 21.4 Å². The van der Waals surface area contributed by atoms with Crippen LogP contribution in [0.3, 0.4) is 0 Å². The zero-order chi connectivity index (χ0) is 15.0. The molecule has 6 heteroatoms. The Balaban J connectivity index is 2.41. The van der Waals surface area contributed by atoms with Crippen molar-refractivity contribution in [2.45, 2.75) is 24.3 Å². The van der Waals surface area contributed by atoms with Crippen LogP contribution in [0.4, 0.5) is 0 Å². The van der Waals surface area contributed by atoms with E-state index in [4.69, 9.17) is 4.74 Å². The first-order valence-corrected chi connectivity index (χ1v) is 8.85. The van der Waals surface area contributed by atoms with Gasteiger partial charge in [0.1, 0.15) is 5.60 Å². The monoisotopic (exact) mass is 358 g/mol. The van der Waals surface area contributed by atoms with Crippen LogP contribution in [0.1, 0.15) is 13.8 Å². The molecule has 0 atom stereocenters. The van der Waals surface area contributed by atoms with Crippen molar-refractivity contribution >= 4 is 31.7 Å². The van der Waals surface area contributed by atoms with E-state index in [1.807, 2.05) is 0 Å². The first-order valence-electron chi connectivity index (χ1n) is 6.07. The van der Waals surface area contributed by atoms with Gasteiger partial charge in [-0.25, -0.2) is 13.2 Å². The Kier molecular flexibility index (Phi) is 4.07.